The van der Waals surface area contributed by atoms with Gasteiger partial charge in [-0.05, 0) is 6.07 Å². The van der Waals surface area contributed by atoms with Crippen LogP contribution >= 0.6 is 11.6 Å². The first-order valence-corrected chi connectivity index (χ1v) is 4.29. The van der Waals surface area contributed by atoms with Crippen molar-refractivity contribution in [3.63, 3.8) is 0 Å². The Hall–Kier alpha value is -1.75. The minimum atomic E-state index is -0.644. The first-order valence-electron chi connectivity index (χ1n) is 3.91. The highest BCUT2D eigenvalue weighted by molar-refractivity contribution is 6.34. The number of hydrogen-bond acceptors (Lipinski definition) is 4. The summed E-state index contributed by atoms with van der Waals surface area (Å²) in [4.78, 5) is 21.4. The molecule has 1 rings (SSSR count). The molecular formula is C9H8ClNO4. The number of carbonyl (C=O) groups is 2. The van der Waals surface area contributed by atoms with Crippen LogP contribution in [-0.2, 0) is 9.53 Å². The van der Waals surface area contributed by atoms with Crippen LogP contribution in [0.15, 0.2) is 12.1 Å². The molecule has 0 saturated carbocycles. The van der Waals surface area contributed by atoms with E-state index in [0.717, 1.165) is 6.07 Å². The molecule has 1 aromatic rings. The maximum Gasteiger partial charge on any atom is 0.339 e. The SMILES string of the molecule is COC(=O)c1cc(NC=O)c(O)cc1Cl. The number of benzene rings is 1. The number of esters is 1. The third-order valence-electron chi connectivity index (χ3n) is 1.71. The van der Waals surface area contributed by atoms with E-state index in [-0.39, 0.29) is 22.0 Å². The Kier molecular flexibility index (Phi) is 3.51. The summed E-state index contributed by atoms with van der Waals surface area (Å²) in [5, 5.41) is 11.6. The third-order valence-corrected chi connectivity index (χ3v) is 2.02. The molecule has 0 radical (unpaired) electrons. The maximum absolute atomic E-state index is 11.2. The standard InChI is InChI=1S/C9H8ClNO4/c1-15-9(14)5-2-7(11-4-12)8(13)3-6(5)10/h2-4,13H,1H3,(H,11,12). The smallest absolute Gasteiger partial charge is 0.339 e. The highest BCUT2D eigenvalue weighted by Gasteiger charge is 2.14. The van der Waals surface area contributed by atoms with E-state index < -0.39 is 5.97 Å². The fourth-order valence-corrected chi connectivity index (χ4v) is 1.24. The number of anilines is 1. The molecule has 5 nitrogen and oxygen atoms in total. The molecule has 0 heterocycles. The molecule has 15 heavy (non-hydrogen) atoms. The number of carbonyl (C=O) groups excluding carboxylic acids is 2. The number of halogens is 1. The van der Waals surface area contributed by atoms with Crippen LogP contribution in [0.1, 0.15) is 10.4 Å². The molecule has 80 valence electrons. The van der Waals surface area contributed by atoms with Crippen LogP contribution in [0.4, 0.5) is 5.69 Å². The van der Waals surface area contributed by atoms with Crippen LogP contribution < -0.4 is 5.32 Å². The highest BCUT2D eigenvalue weighted by atomic mass is 35.5. The second-order valence-corrected chi connectivity index (χ2v) is 3.01. The van der Waals surface area contributed by atoms with Gasteiger partial charge >= 0.3 is 5.97 Å². The summed E-state index contributed by atoms with van der Waals surface area (Å²) in [6, 6.07) is 2.39. The molecule has 1 aromatic carbocycles. The number of ether oxygens (including phenoxy) is 1. The molecule has 0 unspecified atom stereocenters. The number of aromatic hydroxyl groups is 1. The minimum absolute atomic E-state index is 0.0517. The summed E-state index contributed by atoms with van der Waals surface area (Å²) in [5.41, 5.74) is 0.163. The van der Waals surface area contributed by atoms with E-state index in [2.05, 4.69) is 10.1 Å². The molecule has 0 saturated heterocycles. The predicted octanol–water partition coefficient (Wildman–Crippen LogP) is 1.40. The van der Waals surface area contributed by atoms with E-state index in [1.807, 2.05) is 0 Å². The number of phenolic OH excluding ortho intramolecular Hbond substituents is 1. The summed E-state index contributed by atoms with van der Waals surface area (Å²) in [6.45, 7) is 0. The second kappa shape index (κ2) is 4.65. The molecule has 0 spiro atoms. The Balaban J connectivity index is 3.22. The van der Waals surface area contributed by atoms with Gasteiger partial charge in [-0.15, -0.1) is 0 Å². The summed E-state index contributed by atoms with van der Waals surface area (Å²) < 4.78 is 4.47. The van der Waals surface area contributed by atoms with E-state index in [0.29, 0.717) is 6.41 Å². The van der Waals surface area contributed by atoms with E-state index in [1.165, 1.54) is 13.2 Å². The predicted molar refractivity (Wildman–Crippen MR) is 54.1 cm³/mol. The van der Waals surface area contributed by atoms with E-state index >= 15 is 0 Å². The van der Waals surface area contributed by atoms with E-state index in [9.17, 15) is 14.7 Å². The van der Waals surface area contributed by atoms with Crippen molar-refractivity contribution in [2.24, 2.45) is 0 Å². The Labute approximate surface area is 90.6 Å². The number of amides is 1. The molecule has 0 aliphatic heterocycles. The van der Waals surface area contributed by atoms with Crippen LogP contribution in [0.3, 0.4) is 0 Å². The second-order valence-electron chi connectivity index (χ2n) is 2.60. The molecule has 2 N–H and O–H groups in total. The zero-order valence-electron chi connectivity index (χ0n) is 7.78. The van der Waals surface area contributed by atoms with Crippen molar-refractivity contribution in [1.82, 2.24) is 0 Å². The van der Waals surface area contributed by atoms with Crippen LogP contribution in [-0.4, -0.2) is 24.6 Å². The summed E-state index contributed by atoms with van der Waals surface area (Å²) in [6.07, 6.45) is 0.379. The largest absolute Gasteiger partial charge is 0.506 e. The first kappa shape index (κ1) is 11.3. The monoisotopic (exact) mass is 229 g/mol. The van der Waals surface area contributed by atoms with Crippen LogP contribution in [0.2, 0.25) is 5.02 Å². The number of rotatable bonds is 3. The number of nitrogens with one attached hydrogen (secondary N) is 1. The van der Waals surface area contributed by atoms with Crippen LogP contribution in [0.5, 0.6) is 5.75 Å². The van der Waals surface area contributed by atoms with Gasteiger partial charge in [0.1, 0.15) is 5.75 Å². The van der Waals surface area contributed by atoms with Crippen LogP contribution in [0, 0.1) is 0 Å². The van der Waals surface area contributed by atoms with Crippen molar-refractivity contribution >= 4 is 29.7 Å². The number of methoxy groups -OCH3 is 1. The Morgan fingerprint density at radius 1 is 1.60 bits per heavy atom. The van der Waals surface area contributed by atoms with Crippen molar-refractivity contribution < 1.29 is 19.4 Å². The third kappa shape index (κ3) is 2.38. The van der Waals surface area contributed by atoms with Gasteiger partial charge in [-0.3, -0.25) is 4.79 Å². The molecule has 6 heteroatoms. The Morgan fingerprint density at radius 2 is 2.27 bits per heavy atom. The van der Waals surface area contributed by atoms with Crippen molar-refractivity contribution in [3.05, 3.63) is 22.7 Å². The van der Waals surface area contributed by atoms with Gasteiger partial charge in [0.15, 0.2) is 0 Å². The molecule has 0 atom stereocenters. The summed E-state index contributed by atoms with van der Waals surface area (Å²) in [5.74, 6) is -0.867. The van der Waals surface area contributed by atoms with Gasteiger partial charge in [-0.2, -0.15) is 0 Å². The topological polar surface area (TPSA) is 75.6 Å². The van der Waals surface area contributed by atoms with Crippen molar-refractivity contribution in [1.29, 1.82) is 0 Å². The fourth-order valence-electron chi connectivity index (χ4n) is 1.01. The van der Waals surface area contributed by atoms with Gasteiger partial charge in [0.05, 0.1) is 23.4 Å². The van der Waals surface area contributed by atoms with E-state index in [1.54, 1.807) is 0 Å². The van der Waals surface area contributed by atoms with Crippen molar-refractivity contribution in [2.45, 2.75) is 0 Å². The zero-order chi connectivity index (χ0) is 11.4. The lowest BCUT2D eigenvalue weighted by Crippen LogP contribution is -2.04. The van der Waals surface area contributed by atoms with Crippen molar-refractivity contribution in [2.75, 3.05) is 12.4 Å². The summed E-state index contributed by atoms with van der Waals surface area (Å²) in [7, 11) is 1.21. The first-order chi connectivity index (χ1) is 7.10. The van der Waals surface area contributed by atoms with Gasteiger partial charge < -0.3 is 15.2 Å². The molecular weight excluding hydrogens is 222 g/mol. The molecule has 0 aliphatic rings. The maximum atomic E-state index is 11.2. The fraction of sp³-hybridized carbons (Fsp3) is 0.111. The molecule has 1 amide bonds. The molecule has 0 aromatic heterocycles. The normalized spacial score (nSPS) is 9.47. The van der Waals surface area contributed by atoms with E-state index in [4.69, 9.17) is 11.6 Å². The van der Waals surface area contributed by atoms with Gasteiger partial charge in [0.25, 0.3) is 0 Å². The Bertz CT molecular complexity index is 405. The molecule has 0 aliphatic carbocycles. The molecule has 0 fully saturated rings. The lowest BCUT2D eigenvalue weighted by atomic mass is 10.2. The average molecular weight is 230 g/mol. The number of hydrogen-bond donors (Lipinski definition) is 2. The van der Waals surface area contributed by atoms with Crippen LogP contribution in [0.25, 0.3) is 0 Å². The highest BCUT2D eigenvalue weighted by Crippen LogP contribution is 2.30. The van der Waals surface area contributed by atoms with Gasteiger partial charge in [0, 0.05) is 6.07 Å². The van der Waals surface area contributed by atoms with Gasteiger partial charge in [0.2, 0.25) is 6.41 Å². The summed E-state index contributed by atoms with van der Waals surface area (Å²) >= 11 is 5.70. The number of phenols is 1. The van der Waals surface area contributed by atoms with Crippen molar-refractivity contribution in [3.8, 4) is 5.75 Å². The lowest BCUT2D eigenvalue weighted by molar-refractivity contribution is -0.105. The van der Waals surface area contributed by atoms with Gasteiger partial charge in [-0.25, -0.2) is 4.79 Å². The Morgan fingerprint density at radius 3 is 2.80 bits per heavy atom. The average Bonchev–Trinajstić information content (AvgIpc) is 2.21. The minimum Gasteiger partial charge on any atom is -0.506 e. The quantitative estimate of drug-likeness (QED) is 0.467. The molecule has 0 bridgehead atoms. The zero-order valence-corrected chi connectivity index (χ0v) is 8.54. The van der Waals surface area contributed by atoms with Gasteiger partial charge in [-0.1, -0.05) is 11.6 Å². The lowest BCUT2D eigenvalue weighted by Gasteiger charge is -2.07.